The van der Waals surface area contributed by atoms with Crippen LogP contribution >= 0.6 is 0 Å². The molecule has 3 fully saturated rings. The second kappa shape index (κ2) is 9.82. The summed E-state index contributed by atoms with van der Waals surface area (Å²) in [7, 11) is -3.01. The van der Waals surface area contributed by atoms with E-state index in [2.05, 4.69) is 40.5 Å². The van der Waals surface area contributed by atoms with Crippen LogP contribution in [0.3, 0.4) is 0 Å². The third-order valence-corrected chi connectivity index (χ3v) is 9.21. The van der Waals surface area contributed by atoms with Crippen molar-refractivity contribution in [2.45, 2.75) is 63.3 Å². The summed E-state index contributed by atoms with van der Waals surface area (Å²) >= 11 is 0. The summed E-state index contributed by atoms with van der Waals surface area (Å²) < 4.78 is 23.3. The Morgan fingerprint density at radius 1 is 1.00 bits per heavy atom. The predicted octanol–water partition coefficient (Wildman–Crippen LogP) is 3.37. The second-order valence-electron chi connectivity index (χ2n) is 9.60. The molecule has 166 valence electrons. The van der Waals surface area contributed by atoms with Gasteiger partial charge in [0.05, 0.1) is 17.4 Å². The van der Waals surface area contributed by atoms with Crippen molar-refractivity contribution < 1.29 is 13.2 Å². The van der Waals surface area contributed by atoms with Gasteiger partial charge >= 0.3 is 0 Å². The molecular formula is C24H36N2O3S. The molecule has 1 amide bonds. The summed E-state index contributed by atoms with van der Waals surface area (Å²) in [6.07, 6.45) is 9.18. The van der Waals surface area contributed by atoms with Crippen molar-refractivity contribution in [2.75, 3.05) is 31.1 Å². The lowest BCUT2D eigenvalue weighted by molar-refractivity contribution is -0.125. The number of carbonyl (C=O) groups is 1. The number of nitrogens with zero attached hydrogens (tertiary/aromatic N) is 1. The van der Waals surface area contributed by atoms with Crippen LogP contribution in [0, 0.1) is 11.8 Å². The highest BCUT2D eigenvalue weighted by atomic mass is 32.2. The first kappa shape index (κ1) is 21.8. The van der Waals surface area contributed by atoms with E-state index >= 15 is 0 Å². The standard InChI is InChI=1S/C24H36N2O3S/c27-24(21-13-16-30(28,29)18-21)25-22-11-14-26(15-12-22)17-23(19-7-3-1-4-8-19)20-9-5-2-6-10-20/h1,3-4,7-8,20-23H,2,5-6,9-18H2,(H,25,27). The molecule has 3 aliphatic rings. The van der Waals surface area contributed by atoms with Gasteiger partial charge in [-0.2, -0.15) is 0 Å². The molecule has 1 aliphatic carbocycles. The summed E-state index contributed by atoms with van der Waals surface area (Å²) in [5.74, 6) is 1.16. The summed E-state index contributed by atoms with van der Waals surface area (Å²) in [5, 5.41) is 3.14. The van der Waals surface area contributed by atoms with Crippen LogP contribution in [0.25, 0.3) is 0 Å². The Morgan fingerprint density at radius 2 is 1.70 bits per heavy atom. The summed E-state index contributed by atoms with van der Waals surface area (Å²) in [5.41, 5.74) is 1.47. The maximum atomic E-state index is 12.5. The second-order valence-corrected chi connectivity index (χ2v) is 11.8. The Morgan fingerprint density at radius 3 is 2.33 bits per heavy atom. The van der Waals surface area contributed by atoms with E-state index in [0.29, 0.717) is 12.3 Å². The number of rotatable bonds is 6. The molecule has 6 heteroatoms. The number of amides is 1. The minimum absolute atomic E-state index is 0.0256. The Kier molecular flexibility index (Phi) is 7.14. The number of hydrogen-bond donors (Lipinski definition) is 1. The highest BCUT2D eigenvalue weighted by Crippen LogP contribution is 2.37. The molecule has 0 bridgehead atoms. The summed E-state index contributed by atoms with van der Waals surface area (Å²) in [4.78, 5) is 15.0. The topological polar surface area (TPSA) is 66.5 Å². The van der Waals surface area contributed by atoms with Crippen LogP contribution in [0.4, 0.5) is 0 Å². The molecule has 4 rings (SSSR count). The van der Waals surface area contributed by atoms with Crippen molar-refractivity contribution in [3.8, 4) is 0 Å². The van der Waals surface area contributed by atoms with E-state index in [1.165, 1.54) is 37.7 Å². The van der Waals surface area contributed by atoms with E-state index in [4.69, 9.17) is 0 Å². The molecule has 1 saturated carbocycles. The first-order valence-corrected chi connectivity index (χ1v) is 13.6. The van der Waals surface area contributed by atoms with Crippen LogP contribution in [0.1, 0.15) is 62.8 Å². The number of likely N-dealkylation sites (tertiary alicyclic amines) is 1. The van der Waals surface area contributed by atoms with Crippen LogP contribution in [0.5, 0.6) is 0 Å². The molecule has 2 aliphatic heterocycles. The molecule has 1 N–H and O–H groups in total. The van der Waals surface area contributed by atoms with Crippen LogP contribution in [-0.2, 0) is 14.6 Å². The first-order chi connectivity index (χ1) is 14.5. The van der Waals surface area contributed by atoms with Gasteiger partial charge in [-0.05, 0) is 49.5 Å². The minimum Gasteiger partial charge on any atom is -0.353 e. The first-order valence-electron chi connectivity index (χ1n) is 11.8. The molecule has 30 heavy (non-hydrogen) atoms. The van der Waals surface area contributed by atoms with E-state index in [9.17, 15) is 13.2 Å². The molecule has 1 aromatic carbocycles. The average Bonchev–Trinajstić information content (AvgIpc) is 3.14. The highest BCUT2D eigenvalue weighted by molar-refractivity contribution is 7.91. The lowest BCUT2D eigenvalue weighted by atomic mass is 9.76. The third-order valence-electron chi connectivity index (χ3n) is 7.44. The van der Waals surface area contributed by atoms with Gasteiger partial charge in [0.15, 0.2) is 9.84 Å². The molecule has 2 saturated heterocycles. The van der Waals surface area contributed by atoms with Crippen LogP contribution < -0.4 is 5.32 Å². The maximum Gasteiger partial charge on any atom is 0.224 e. The third kappa shape index (κ3) is 5.64. The Bertz CT molecular complexity index is 797. The van der Waals surface area contributed by atoms with Crippen molar-refractivity contribution >= 4 is 15.7 Å². The Balaban J connectivity index is 1.30. The van der Waals surface area contributed by atoms with E-state index in [1.54, 1.807) is 0 Å². The van der Waals surface area contributed by atoms with Crippen LogP contribution in [-0.4, -0.2) is 56.4 Å². The zero-order valence-corrected chi connectivity index (χ0v) is 18.8. The lowest BCUT2D eigenvalue weighted by Gasteiger charge is -2.38. The fourth-order valence-electron chi connectivity index (χ4n) is 5.62. The number of benzene rings is 1. The largest absolute Gasteiger partial charge is 0.353 e. The smallest absolute Gasteiger partial charge is 0.224 e. The van der Waals surface area contributed by atoms with Gasteiger partial charge in [-0.25, -0.2) is 8.42 Å². The summed E-state index contributed by atoms with van der Waals surface area (Å²) in [6, 6.07) is 11.2. The van der Waals surface area contributed by atoms with Crippen LogP contribution in [0.15, 0.2) is 30.3 Å². The van der Waals surface area contributed by atoms with E-state index < -0.39 is 9.84 Å². The molecule has 2 heterocycles. The van der Waals surface area contributed by atoms with Gasteiger partial charge in [0.25, 0.3) is 0 Å². The molecule has 1 aromatic rings. The number of nitrogens with one attached hydrogen (secondary N) is 1. The Hall–Kier alpha value is -1.40. The highest BCUT2D eigenvalue weighted by Gasteiger charge is 2.34. The molecule has 0 aromatic heterocycles. The minimum atomic E-state index is -3.01. The molecule has 2 unspecified atom stereocenters. The Labute approximate surface area is 181 Å². The fourth-order valence-corrected chi connectivity index (χ4v) is 7.36. The van der Waals surface area contributed by atoms with Gasteiger partial charge in [-0.3, -0.25) is 4.79 Å². The van der Waals surface area contributed by atoms with Gasteiger partial charge in [0.1, 0.15) is 0 Å². The predicted molar refractivity (Wildman–Crippen MR) is 120 cm³/mol. The monoisotopic (exact) mass is 432 g/mol. The van der Waals surface area contributed by atoms with Crippen molar-refractivity contribution in [2.24, 2.45) is 11.8 Å². The van der Waals surface area contributed by atoms with E-state index in [-0.39, 0.29) is 29.4 Å². The van der Waals surface area contributed by atoms with Crippen LogP contribution in [0.2, 0.25) is 0 Å². The average molecular weight is 433 g/mol. The van der Waals surface area contributed by atoms with Gasteiger partial charge in [0.2, 0.25) is 5.91 Å². The molecular weight excluding hydrogens is 396 g/mol. The zero-order chi connectivity index (χ0) is 21.0. The van der Waals surface area contributed by atoms with E-state index in [1.807, 2.05) is 0 Å². The molecule has 0 spiro atoms. The summed E-state index contributed by atoms with van der Waals surface area (Å²) in [6.45, 7) is 3.12. The van der Waals surface area contributed by atoms with Crippen molar-refractivity contribution in [1.29, 1.82) is 0 Å². The van der Waals surface area contributed by atoms with E-state index in [0.717, 1.165) is 38.4 Å². The maximum absolute atomic E-state index is 12.5. The van der Waals surface area contributed by atoms with Gasteiger partial charge in [-0.1, -0.05) is 49.6 Å². The quantitative estimate of drug-likeness (QED) is 0.748. The lowest BCUT2D eigenvalue weighted by Crippen LogP contribution is -2.47. The number of hydrogen-bond acceptors (Lipinski definition) is 4. The van der Waals surface area contributed by atoms with Gasteiger partial charge in [-0.15, -0.1) is 0 Å². The van der Waals surface area contributed by atoms with Crippen molar-refractivity contribution in [3.05, 3.63) is 35.9 Å². The fraction of sp³-hybridized carbons (Fsp3) is 0.708. The number of sulfone groups is 1. The van der Waals surface area contributed by atoms with Crippen molar-refractivity contribution in [3.63, 3.8) is 0 Å². The van der Waals surface area contributed by atoms with Crippen molar-refractivity contribution in [1.82, 2.24) is 10.2 Å². The van der Waals surface area contributed by atoms with Gasteiger partial charge < -0.3 is 10.2 Å². The molecule has 2 atom stereocenters. The zero-order valence-electron chi connectivity index (χ0n) is 18.0. The van der Waals surface area contributed by atoms with Gasteiger partial charge in [0, 0.05) is 25.7 Å². The normalized spacial score (nSPS) is 27.0. The number of carbonyl (C=O) groups excluding carboxylic acids is 1. The molecule has 0 radical (unpaired) electrons. The number of piperidine rings is 1. The molecule has 5 nitrogen and oxygen atoms in total. The SMILES string of the molecule is O=C(NC1CCN(CC(c2ccccc2)C2CCCCC2)CC1)C1CCS(=O)(=O)C1.